The molecule has 2 atom stereocenters. The van der Waals surface area contributed by atoms with E-state index >= 15 is 0 Å². The summed E-state index contributed by atoms with van der Waals surface area (Å²) in [4.78, 5) is 25.9. The van der Waals surface area contributed by atoms with Crippen LogP contribution in [0.25, 0.3) is 0 Å². The number of Topliss-reactive ketones (excluding diaryl/α,β-unsaturated/α-hetero) is 2. The molecule has 2 unspecified atom stereocenters. The molecule has 0 amide bonds. The van der Waals surface area contributed by atoms with E-state index in [0.717, 1.165) is 5.56 Å². The van der Waals surface area contributed by atoms with Crippen molar-refractivity contribution < 1.29 is 22.7 Å². The highest BCUT2D eigenvalue weighted by Gasteiger charge is 2.46. The number of rotatable bonds is 4. The van der Waals surface area contributed by atoms with Gasteiger partial charge in [-0.3, -0.25) is 14.3 Å². The fourth-order valence-electron chi connectivity index (χ4n) is 3.81. The molecule has 0 fully saturated rings. The van der Waals surface area contributed by atoms with Crippen molar-refractivity contribution in [3.8, 4) is 5.75 Å². The summed E-state index contributed by atoms with van der Waals surface area (Å²) in [5.41, 5.74) is 1.70. The molecule has 0 spiro atoms. The standard InChI is InChI=1S/C22H19NO5S/c1-13-10-11-18(28-2)17(12-13)23-29(26,27)19-9-5-8-16-20(19)22(25)15-7-4-3-6-14(15)21(16)24/h3-12,16,20,23H,1-2H3. The minimum Gasteiger partial charge on any atom is -0.495 e. The Balaban J connectivity index is 1.77. The van der Waals surface area contributed by atoms with Crippen LogP contribution in [0.2, 0.25) is 0 Å². The molecule has 2 aliphatic rings. The predicted octanol–water partition coefficient (Wildman–Crippen LogP) is 3.51. The van der Waals surface area contributed by atoms with Crippen LogP contribution in [-0.2, 0) is 10.0 Å². The lowest BCUT2D eigenvalue weighted by atomic mass is 9.72. The minimum atomic E-state index is -4.11. The number of aryl methyl sites for hydroxylation is 1. The monoisotopic (exact) mass is 409 g/mol. The molecule has 0 heterocycles. The van der Waals surface area contributed by atoms with Gasteiger partial charge < -0.3 is 4.74 Å². The maximum Gasteiger partial charge on any atom is 0.258 e. The number of benzene rings is 2. The maximum absolute atomic E-state index is 13.2. The van der Waals surface area contributed by atoms with Crippen LogP contribution in [0.1, 0.15) is 26.3 Å². The zero-order valence-corrected chi connectivity index (χ0v) is 16.7. The normalized spacial score (nSPS) is 20.6. The molecule has 2 aliphatic carbocycles. The van der Waals surface area contributed by atoms with Crippen LogP contribution >= 0.6 is 0 Å². The zero-order chi connectivity index (χ0) is 20.8. The number of anilines is 1. The second kappa shape index (κ2) is 7.00. The molecule has 0 bridgehead atoms. The van der Waals surface area contributed by atoms with Gasteiger partial charge in [0.2, 0.25) is 0 Å². The minimum absolute atomic E-state index is 0.124. The van der Waals surface area contributed by atoms with Crippen LogP contribution in [-0.4, -0.2) is 27.1 Å². The van der Waals surface area contributed by atoms with Gasteiger partial charge in [0.1, 0.15) is 5.75 Å². The van der Waals surface area contributed by atoms with Gasteiger partial charge in [-0.1, -0.05) is 42.5 Å². The largest absolute Gasteiger partial charge is 0.495 e. The predicted molar refractivity (Wildman–Crippen MR) is 110 cm³/mol. The Hall–Kier alpha value is -3.19. The molecule has 6 nitrogen and oxygen atoms in total. The SMILES string of the molecule is COc1ccc(C)cc1NS(=O)(=O)C1=CC=CC2C(=O)c3ccccc3C(=O)C12. The van der Waals surface area contributed by atoms with Gasteiger partial charge in [0.05, 0.1) is 29.5 Å². The molecule has 2 aromatic rings. The number of hydrogen-bond donors (Lipinski definition) is 1. The zero-order valence-electron chi connectivity index (χ0n) is 15.9. The second-order valence-electron chi connectivity index (χ2n) is 7.04. The highest BCUT2D eigenvalue weighted by molar-refractivity contribution is 7.96. The fourth-order valence-corrected chi connectivity index (χ4v) is 5.23. The third-order valence-corrected chi connectivity index (χ3v) is 6.70. The number of fused-ring (bicyclic) bond motifs is 2. The van der Waals surface area contributed by atoms with Crippen LogP contribution in [0.5, 0.6) is 5.75 Å². The van der Waals surface area contributed by atoms with Crippen molar-refractivity contribution in [2.75, 3.05) is 11.8 Å². The van der Waals surface area contributed by atoms with E-state index in [2.05, 4.69) is 4.72 Å². The Morgan fingerprint density at radius 1 is 1.00 bits per heavy atom. The van der Waals surface area contributed by atoms with Crippen molar-refractivity contribution >= 4 is 27.3 Å². The van der Waals surface area contributed by atoms with Gasteiger partial charge in [-0.05, 0) is 30.7 Å². The number of allylic oxidation sites excluding steroid dienone is 4. The highest BCUT2D eigenvalue weighted by Crippen LogP contribution is 2.40. The first-order valence-corrected chi connectivity index (χ1v) is 10.5. The van der Waals surface area contributed by atoms with Crippen molar-refractivity contribution in [3.63, 3.8) is 0 Å². The summed E-state index contributed by atoms with van der Waals surface area (Å²) in [7, 11) is -2.66. The average Bonchev–Trinajstić information content (AvgIpc) is 2.71. The molecule has 148 valence electrons. The van der Waals surface area contributed by atoms with Gasteiger partial charge in [0.15, 0.2) is 11.6 Å². The van der Waals surface area contributed by atoms with Crippen molar-refractivity contribution in [2.45, 2.75) is 6.92 Å². The van der Waals surface area contributed by atoms with Gasteiger partial charge in [-0.2, -0.15) is 0 Å². The number of ketones is 2. The summed E-state index contributed by atoms with van der Waals surface area (Å²) in [6.45, 7) is 1.83. The Morgan fingerprint density at radius 3 is 2.38 bits per heavy atom. The van der Waals surface area contributed by atoms with E-state index in [1.807, 2.05) is 6.92 Å². The third kappa shape index (κ3) is 3.17. The molecular formula is C22H19NO5S. The Kier molecular flexibility index (Phi) is 4.62. The van der Waals surface area contributed by atoms with E-state index in [9.17, 15) is 18.0 Å². The Bertz CT molecular complexity index is 1190. The van der Waals surface area contributed by atoms with Gasteiger partial charge in [0.25, 0.3) is 10.0 Å². The lowest BCUT2D eigenvalue weighted by Gasteiger charge is -2.32. The molecule has 0 aliphatic heterocycles. The van der Waals surface area contributed by atoms with Crippen LogP contribution in [0.15, 0.2) is 65.6 Å². The molecule has 29 heavy (non-hydrogen) atoms. The van der Waals surface area contributed by atoms with E-state index in [1.54, 1.807) is 48.5 Å². The van der Waals surface area contributed by atoms with Crippen molar-refractivity contribution in [2.24, 2.45) is 11.8 Å². The van der Waals surface area contributed by atoms with E-state index in [1.165, 1.54) is 19.3 Å². The second-order valence-corrected chi connectivity index (χ2v) is 8.72. The number of methoxy groups -OCH3 is 1. The first kappa shape index (κ1) is 19.1. The third-order valence-electron chi connectivity index (χ3n) is 5.20. The lowest BCUT2D eigenvalue weighted by Crippen LogP contribution is -2.40. The van der Waals surface area contributed by atoms with E-state index in [-0.39, 0.29) is 27.7 Å². The Morgan fingerprint density at radius 2 is 1.69 bits per heavy atom. The molecular weight excluding hydrogens is 390 g/mol. The van der Waals surface area contributed by atoms with Gasteiger partial charge in [-0.25, -0.2) is 8.42 Å². The summed E-state index contributed by atoms with van der Waals surface area (Å²) in [6.07, 6.45) is 4.49. The molecule has 2 aromatic carbocycles. The quantitative estimate of drug-likeness (QED) is 0.835. The van der Waals surface area contributed by atoms with E-state index < -0.39 is 21.9 Å². The van der Waals surface area contributed by atoms with Crippen LogP contribution in [0.3, 0.4) is 0 Å². The van der Waals surface area contributed by atoms with Crippen LogP contribution < -0.4 is 9.46 Å². The van der Waals surface area contributed by atoms with Crippen LogP contribution in [0, 0.1) is 18.8 Å². The van der Waals surface area contributed by atoms with Crippen LogP contribution in [0.4, 0.5) is 5.69 Å². The molecule has 0 radical (unpaired) electrons. The number of sulfonamides is 1. The summed E-state index contributed by atoms with van der Waals surface area (Å²) in [5, 5.41) is 0. The van der Waals surface area contributed by atoms with Gasteiger partial charge in [-0.15, -0.1) is 0 Å². The number of carbonyl (C=O) groups excluding carboxylic acids is 2. The first-order chi connectivity index (χ1) is 13.8. The summed E-state index contributed by atoms with van der Waals surface area (Å²) in [5.74, 6) is -2.19. The van der Waals surface area contributed by atoms with E-state index in [0.29, 0.717) is 11.3 Å². The highest BCUT2D eigenvalue weighted by atomic mass is 32.2. The first-order valence-electron chi connectivity index (χ1n) is 9.07. The molecule has 1 N–H and O–H groups in total. The number of nitrogens with one attached hydrogen (secondary N) is 1. The smallest absolute Gasteiger partial charge is 0.258 e. The van der Waals surface area contributed by atoms with Gasteiger partial charge in [0, 0.05) is 11.1 Å². The number of hydrogen-bond acceptors (Lipinski definition) is 5. The number of ether oxygens (including phenoxy) is 1. The molecule has 0 saturated heterocycles. The molecule has 7 heteroatoms. The number of carbonyl (C=O) groups is 2. The summed E-state index contributed by atoms with van der Waals surface area (Å²) in [6, 6.07) is 11.6. The molecule has 0 aromatic heterocycles. The molecule has 0 saturated carbocycles. The lowest BCUT2D eigenvalue weighted by molar-refractivity contribution is 0.0798. The van der Waals surface area contributed by atoms with E-state index in [4.69, 9.17) is 4.74 Å². The topological polar surface area (TPSA) is 89.5 Å². The van der Waals surface area contributed by atoms with Crippen molar-refractivity contribution in [1.82, 2.24) is 0 Å². The van der Waals surface area contributed by atoms with Crippen molar-refractivity contribution in [3.05, 3.63) is 82.3 Å². The fraction of sp³-hybridized carbons (Fsp3) is 0.182. The average molecular weight is 409 g/mol. The summed E-state index contributed by atoms with van der Waals surface area (Å²) >= 11 is 0. The van der Waals surface area contributed by atoms with Crippen molar-refractivity contribution in [1.29, 1.82) is 0 Å². The maximum atomic E-state index is 13.2. The van der Waals surface area contributed by atoms with Gasteiger partial charge >= 0.3 is 0 Å². The summed E-state index contributed by atoms with van der Waals surface area (Å²) < 4.78 is 34.2. The molecule has 4 rings (SSSR count). The Labute approximate surface area is 168 Å².